The van der Waals surface area contributed by atoms with Gasteiger partial charge < -0.3 is 13.9 Å². The van der Waals surface area contributed by atoms with Crippen LogP contribution in [0.1, 0.15) is 16.9 Å². The van der Waals surface area contributed by atoms with Gasteiger partial charge in [-0.25, -0.2) is 9.79 Å². The molecular formula is C21H15NO4. The van der Waals surface area contributed by atoms with Crippen molar-refractivity contribution in [2.75, 3.05) is 0 Å². The molecule has 1 aliphatic rings. The van der Waals surface area contributed by atoms with Crippen molar-refractivity contribution in [1.82, 2.24) is 0 Å². The zero-order chi connectivity index (χ0) is 17.8. The van der Waals surface area contributed by atoms with Crippen molar-refractivity contribution in [3.05, 3.63) is 95.6 Å². The number of furan rings is 1. The number of hydrogen-bond donors (Lipinski definition) is 0. The molecule has 4 rings (SSSR count). The summed E-state index contributed by atoms with van der Waals surface area (Å²) in [5.74, 6) is 0.853. The van der Waals surface area contributed by atoms with E-state index in [9.17, 15) is 4.79 Å². The van der Waals surface area contributed by atoms with Gasteiger partial charge in [-0.05, 0) is 41.5 Å². The maximum Gasteiger partial charge on any atom is 0.363 e. The smallest absolute Gasteiger partial charge is 0.363 e. The van der Waals surface area contributed by atoms with Crippen LogP contribution < -0.4 is 4.74 Å². The predicted octanol–water partition coefficient (Wildman–Crippen LogP) is 4.20. The average molecular weight is 345 g/mol. The maximum atomic E-state index is 11.9. The van der Waals surface area contributed by atoms with Crippen LogP contribution in [0.4, 0.5) is 0 Å². The van der Waals surface area contributed by atoms with Crippen LogP contribution in [-0.4, -0.2) is 11.9 Å². The standard InChI is InChI=1S/C21H15NO4/c23-21-18(22-20(26-21)19-7-4-12-24-19)13-15-8-10-17(11-9-15)25-14-16-5-2-1-3-6-16/h1-13H,14H2/b18-13+. The second-order valence-electron chi connectivity index (χ2n) is 5.66. The van der Waals surface area contributed by atoms with Gasteiger partial charge in [0.25, 0.3) is 5.90 Å². The monoisotopic (exact) mass is 345 g/mol. The highest BCUT2D eigenvalue weighted by atomic mass is 16.6. The molecule has 0 fully saturated rings. The summed E-state index contributed by atoms with van der Waals surface area (Å²) in [4.78, 5) is 16.1. The van der Waals surface area contributed by atoms with E-state index in [0.717, 1.165) is 16.9 Å². The third kappa shape index (κ3) is 3.57. The summed E-state index contributed by atoms with van der Waals surface area (Å²) in [6, 6.07) is 20.8. The molecule has 1 aromatic heterocycles. The average Bonchev–Trinajstić information content (AvgIpc) is 3.32. The Kier molecular flexibility index (Phi) is 4.35. The number of carbonyl (C=O) groups excluding carboxylic acids is 1. The number of benzene rings is 2. The topological polar surface area (TPSA) is 61.0 Å². The lowest BCUT2D eigenvalue weighted by molar-refractivity contribution is -0.130. The van der Waals surface area contributed by atoms with Crippen molar-refractivity contribution in [2.45, 2.75) is 6.61 Å². The maximum absolute atomic E-state index is 11.9. The molecule has 0 atom stereocenters. The lowest BCUT2D eigenvalue weighted by Gasteiger charge is -2.06. The van der Waals surface area contributed by atoms with Gasteiger partial charge in [-0.15, -0.1) is 0 Å². The van der Waals surface area contributed by atoms with E-state index in [4.69, 9.17) is 13.9 Å². The van der Waals surface area contributed by atoms with E-state index in [1.54, 1.807) is 18.2 Å². The van der Waals surface area contributed by atoms with E-state index in [1.807, 2.05) is 54.6 Å². The van der Waals surface area contributed by atoms with Crippen molar-refractivity contribution in [2.24, 2.45) is 4.99 Å². The van der Waals surface area contributed by atoms with Gasteiger partial charge in [0.1, 0.15) is 12.4 Å². The summed E-state index contributed by atoms with van der Waals surface area (Å²) < 4.78 is 16.1. The predicted molar refractivity (Wildman–Crippen MR) is 96.5 cm³/mol. The highest BCUT2D eigenvalue weighted by Gasteiger charge is 2.25. The first kappa shape index (κ1) is 15.9. The van der Waals surface area contributed by atoms with Crippen molar-refractivity contribution >= 4 is 17.9 Å². The van der Waals surface area contributed by atoms with Gasteiger partial charge in [0.2, 0.25) is 0 Å². The first-order chi connectivity index (χ1) is 12.8. The number of carbonyl (C=O) groups is 1. The third-order valence-electron chi connectivity index (χ3n) is 3.78. The summed E-state index contributed by atoms with van der Waals surface area (Å²) in [6.45, 7) is 0.504. The summed E-state index contributed by atoms with van der Waals surface area (Å²) >= 11 is 0. The van der Waals surface area contributed by atoms with Gasteiger partial charge in [-0.2, -0.15) is 0 Å². The fourth-order valence-electron chi connectivity index (χ4n) is 2.47. The van der Waals surface area contributed by atoms with E-state index < -0.39 is 5.97 Å². The van der Waals surface area contributed by atoms with Crippen molar-refractivity contribution in [3.63, 3.8) is 0 Å². The summed E-state index contributed by atoms with van der Waals surface area (Å²) in [6.07, 6.45) is 3.17. The molecule has 5 nitrogen and oxygen atoms in total. The number of esters is 1. The molecule has 0 N–H and O–H groups in total. The van der Waals surface area contributed by atoms with E-state index >= 15 is 0 Å². The van der Waals surface area contributed by atoms with Gasteiger partial charge in [0.05, 0.1) is 6.26 Å². The molecule has 5 heteroatoms. The molecule has 0 bridgehead atoms. The second kappa shape index (κ2) is 7.11. The third-order valence-corrected chi connectivity index (χ3v) is 3.78. The van der Waals surface area contributed by atoms with Crippen LogP contribution in [0.2, 0.25) is 0 Å². The quantitative estimate of drug-likeness (QED) is 0.513. The Morgan fingerprint density at radius 1 is 0.962 bits per heavy atom. The van der Waals surface area contributed by atoms with Crippen LogP contribution in [-0.2, 0) is 16.1 Å². The van der Waals surface area contributed by atoms with Crippen molar-refractivity contribution in [1.29, 1.82) is 0 Å². The lowest BCUT2D eigenvalue weighted by Crippen LogP contribution is -2.04. The molecule has 0 spiro atoms. The van der Waals surface area contributed by atoms with Gasteiger partial charge in [0, 0.05) is 0 Å². The minimum atomic E-state index is -0.499. The number of cyclic esters (lactones) is 1. The first-order valence-corrected chi connectivity index (χ1v) is 8.11. The molecule has 0 saturated carbocycles. The number of ether oxygens (including phenoxy) is 2. The Balaban J connectivity index is 1.45. The zero-order valence-corrected chi connectivity index (χ0v) is 13.8. The lowest BCUT2D eigenvalue weighted by atomic mass is 10.2. The van der Waals surface area contributed by atoms with Crippen LogP contribution in [0, 0.1) is 0 Å². The van der Waals surface area contributed by atoms with E-state index in [0.29, 0.717) is 12.4 Å². The Morgan fingerprint density at radius 3 is 2.50 bits per heavy atom. The van der Waals surface area contributed by atoms with Gasteiger partial charge >= 0.3 is 5.97 Å². The molecule has 0 amide bonds. The van der Waals surface area contributed by atoms with E-state index in [2.05, 4.69) is 4.99 Å². The number of aliphatic imine (C=N–C) groups is 1. The number of rotatable bonds is 5. The molecule has 0 unspecified atom stereocenters. The highest BCUT2D eigenvalue weighted by molar-refractivity contribution is 6.11. The Morgan fingerprint density at radius 2 is 1.77 bits per heavy atom. The van der Waals surface area contributed by atoms with Crippen molar-refractivity contribution < 1.29 is 18.7 Å². The molecular weight excluding hydrogens is 330 g/mol. The number of hydrogen-bond acceptors (Lipinski definition) is 5. The fourth-order valence-corrected chi connectivity index (χ4v) is 2.47. The van der Waals surface area contributed by atoms with Crippen LogP contribution in [0.3, 0.4) is 0 Å². The molecule has 0 saturated heterocycles. The molecule has 2 aromatic carbocycles. The Hall–Kier alpha value is -3.60. The molecule has 1 aliphatic heterocycles. The molecule has 26 heavy (non-hydrogen) atoms. The van der Waals surface area contributed by atoms with Crippen LogP contribution >= 0.6 is 0 Å². The van der Waals surface area contributed by atoms with E-state index in [1.165, 1.54) is 6.26 Å². The van der Waals surface area contributed by atoms with Crippen LogP contribution in [0.5, 0.6) is 5.75 Å². The molecule has 0 radical (unpaired) electrons. The summed E-state index contributed by atoms with van der Waals surface area (Å²) in [5.41, 5.74) is 2.16. The highest BCUT2D eigenvalue weighted by Crippen LogP contribution is 2.21. The second-order valence-corrected chi connectivity index (χ2v) is 5.66. The van der Waals surface area contributed by atoms with Gasteiger partial charge in [0.15, 0.2) is 11.5 Å². The minimum absolute atomic E-state index is 0.175. The normalized spacial score (nSPS) is 15.0. The molecule has 128 valence electrons. The van der Waals surface area contributed by atoms with Crippen LogP contribution in [0.15, 0.2) is 88.1 Å². The van der Waals surface area contributed by atoms with Crippen molar-refractivity contribution in [3.8, 4) is 5.75 Å². The Bertz CT molecular complexity index is 955. The van der Waals surface area contributed by atoms with Gasteiger partial charge in [-0.3, -0.25) is 0 Å². The fraction of sp³-hybridized carbons (Fsp3) is 0.0476. The number of nitrogens with zero attached hydrogens (tertiary/aromatic N) is 1. The Labute approximate surface area is 150 Å². The molecule has 0 aliphatic carbocycles. The first-order valence-electron chi connectivity index (χ1n) is 8.11. The molecule has 3 aromatic rings. The summed E-state index contributed by atoms with van der Waals surface area (Å²) in [5, 5.41) is 0. The summed E-state index contributed by atoms with van der Waals surface area (Å²) in [7, 11) is 0. The molecule has 2 heterocycles. The van der Waals surface area contributed by atoms with Crippen LogP contribution in [0.25, 0.3) is 6.08 Å². The SMILES string of the molecule is O=C1OC(c2ccco2)=N/C1=C/c1ccc(OCc2ccccc2)cc1. The van der Waals surface area contributed by atoms with Gasteiger partial charge in [-0.1, -0.05) is 42.5 Å². The minimum Gasteiger partial charge on any atom is -0.489 e. The van der Waals surface area contributed by atoms with E-state index in [-0.39, 0.29) is 11.6 Å². The zero-order valence-electron chi connectivity index (χ0n) is 13.8. The largest absolute Gasteiger partial charge is 0.489 e.